The zero-order valence-electron chi connectivity index (χ0n) is 8.30. The van der Waals surface area contributed by atoms with E-state index in [1.807, 2.05) is 0 Å². The van der Waals surface area contributed by atoms with Gasteiger partial charge in [0.25, 0.3) is 0 Å². The van der Waals surface area contributed by atoms with Crippen LogP contribution in [0.2, 0.25) is 0 Å². The molecular formula is C9H22N2. The van der Waals surface area contributed by atoms with E-state index in [-0.39, 0.29) is 0 Å². The minimum atomic E-state index is 0.354. The van der Waals surface area contributed by atoms with Gasteiger partial charge in [-0.05, 0) is 27.3 Å². The van der Waals surface area contributed by atoms with Crippen molar-refractivity contribution in [2.75, 3.05) is 13.6 Å². The molecule has 0 amide bonds. The number of hydrogen-bond acceptors (Lipinski definition) is 2. The molecule has 0 saturated heterocycles. The van der Waals surface area contributed by atoms with Crippen LogP contribution in [0.1, 0.15) is 33.6 Å². The fourth-order valence-corrected chi connectivity index (χ4v) is 1.04. The summed E-state index contributed by atoms with van der Waals surface area (Å²) in [6.45, 7) is 7.58. The average Bonchev–Trinajstić information content (AvgIpc) is 1.87. The number of likely N-dealkylation sites (N-methyl/N-ethyl adjacent to an activating group) is 1. The number of nitrogens with two attached hydrogens (primary N) is 1. The molecule has 0 rings (SSSR count). The van der Waals surface area contributed by atoms with Crippen LogP contribution in [0, 0.1) is 0 Å². The first kappa shape index (κ1) is 10.9. The van der Waals surface area contributed by atoms with Gasteiger partial charge < -0.3 is 10.6 Å². The van der Waals surface area contributed by atoms with Crippen LogP contribution in [-0.4, -0.2) is 30.6 Å². The average molecular weight is 158 g/mol. The van der Waals surface area contributed by atoms with E-state index in [2.05, 4.69) is 32.7 Å². The molecule has 0 aliphatic carbocycles. The third kappa shape index (κ3) is 5.22. The van der Waals surface area contributed by atoms with Gasteiger partial charge >= 0.3 is 0 Å². The highest BCUT2D eigenvalue weighted by Gasteiger charge is 2.07. The van der Waals surface area contributed by atoms with Crippen LogP contribution in [-0.2, 0) is 0 Å². The second kappa shape index (κ2) is 5.56. The van der Waals surface area contributed by atoms with Gasteiger partial charge in [0.15, 0.2) is 0 Å². The second-order valence-electron chi connectivity index (χ2n) is 3.58. The minimum Gasteiger partial charge on any atom is -0.327 e. The Labute approximate surface area is 70.8 Å². The van der Waals surface area contributed by atoms with E-state index in [1.54, 1.807) is 0 Å². The lowest BCUT2D eigenvalue weighted by Gasteiger charge is -2.24. The van der Waals surface area contributed by atoms with Gasteiger partial charge in [-0.3, -0.25) is 0 Å². The maximum absolute atomic E-state index is 5.88. The first-order valence-electron chi connectivity index (χ1n) is 4.53. The van der Waals surface area contributed by atoms with Gasteiger partial charge in [0, 0.05) is 18.6 Å². The minimum absolute atomic E-state index is 0.354. The van der Waals surface area contributed by atoms with Crippen molar-refractivity contribution in [3.8, 4) is 0 Å². The Morgan fingerprint density at radius 1 is 1.36 bits per heavy atom. The quantitative estimate of drug-likeness (QED) is 0.656. The summed E-state index contributed by atoms with van der Waals surface area (Å²) in [7, 11) is 2.13. The van der Waals surface area contributed by atoms with Crippen LogP contribution in [0.25, 0.3) is 0 Å². The maximum atomic E-state index is 5.88. The molecule has 0 saturated carbocycles. The number of rotatable bonds is 5. The summed E-state index contributed by atoms with van der Waals surface area (Å²) in [6.07, 6.45) is 2.32. The molecular weight excluding hydrogens is 136 g/mol. The van der Waals surface area contributed by atoms with E-state index in [9.17, 15) is 0 Å². The monoisotopic (exact) mass is 158 g/mol. The van der Waals surface area contributed by atoms with E-state index in [1.165, 1.54) is 6.42 Å². The predicted octanol–water partition coefficient (Wildman–Crippen LogP) is 1.45. The normalized spacial score (nSPS) is 14.5. The van der Waals surface area contributed by atoms with Crippen molar-refractivity contribution in [3.05, 3.63) is 0 Å². The zero-order chi connectivity index (χ0) is 8.85. The summed E-state index contributed by atoms with van der Waals surface area (Å²) in [5, 5.41) is 0. The van der Waals surface area contributed by atoms with Crippen LogP contribution in [0.3, 0.4) is 0 Å². The van der Waals surface area contributed by atoms with E-state index >= 15 is 0 Å². The fraction of sp³-hybridized carbons (Fsp3) is 1.00. The molecule has 2 heteroatoms. The van der Waals surface area contributed by atoms with Gasteiger partial charge in [-0.1, -0.05) is 13.3 Å². The second-order valence-corrected chi connectivity index (χ2v) is 3.58. The smallest absolute Gasteiger partial charge is 0.0167 e. The first-order chi connectivity index (χ1) is 5.07. The van der Waals surface area contributed by atoms with Gasteiger partial charge in [0.1, 0.15) is 0 Å². The lowest BCUT2D eigenvalue weighted by atomic mass is 10.1. The Morgan fingerprint density at radius 2 is 1.91 bits per heavy atom. The van der Waals surface area contributed by atoms with Crippen LogP contribution in [0.4, 0.5) is 0 Å². The van der Waals surface area contributed by atoms with E-state index in [4.69, 9.17) is 5.73 Å². The van der Waals surface area contributed by atoms with Crippen LogP contribution >= 0.6 is 0 Å². The third-order valence-electron chi connectivity index (χ3n) is 2.06. The van der Waals surface area contributed by atoms with Crippen molar-refractivity contribution in [1.82, 2.24) is 4.90 Å². The Balaban J connectivity index is 3.48. The molecule has 0 aliphatic rings. The molecule has 0 fully saturated rings. The van der Waals surface area contributed by atoms with Gasteiger partial charge in [-0.15, -0.1) is 0 Å². The molecule has 0 heterocycles. The molecule has 11 heavy (non-hydrogen) atoms. The van der Waals surface area contributed by atoms with E-state index < -0.39 is 0 Å². The van der Waals surface area contributed by atoms with Crippen LogP contribution < -0.4 is 5.73 Å². The van der Waals surface area contributed by atoms with Crippen molar-refractivity contribution in [3.63, 3.8) is 0 Å². The van der Waals surface area contributed by atoms with E-state index in [0.29, 0.717) is 12.1 Å². The summed E-state index contributed by atoms with van der Waals surface area (Å²) in [5.41, 5.74) is 5.88. The summed E-state index contributed by atoms with van der Waals surface area (Å²) in [6, 6.07) is 0.963. The highest BCUT2D eigenvalue weighted by atomic mass is 15.1. The number of nitrogens with zero attached hydrogens (tertiary/aromatic N) is 1. The molecule has 0 spiro atoms. The van der Waals surface area contributed by atoms with E-state index in [0.717, 1.165) is 13.0 Å². The lowest BCUT2D eigenvalue weighted by molar-refractivity contribution is 0.252. The SMILES string of the molecule is CCCC(N)CN(C)C(C)C. The van der Waals surface area contributed by atoms with Crippen LogP contribution in [0.15, 0.2) is 0 Å². The molecule has 0 radical (unpaired) electrons. The van der Waals surface area contributed by atoms with Crippen molar-refractivity contribution in [1.29, 1.82) is 0 Å². The van der Waals surface area contributed by atoms with Gasteiger partial charge in [-0.2, -0.15) is 0 Å². The van der Waals surface area contributed by atoms with Crippen molar-refractivity contribution < 1.29 is 0 Å². The van der Waals surface area contributed by atoms with Gasteiger partial charge in [0.2, 0.25) is 0 Å². The first-order valence-corrected chi connectivity index (χ1v) is 4.53. The van der Waals surface area contributed by atoms with Crippen molar-refractivity contribution in [2.45, 2.75) is 45.7 Å². The Bertz CT molecular complexity index is 91.6. The molecule has 0 aromatic rings. The lowest BCUT2D eigenvalue weighted by Crippen LogP contribution is -2.38. The molecule has 1 unspecified atom stereocenters. The molecule has 2 nitrogen and oxygen atoms in total. The van der Waals surface area contributed by atoms with Gasteiger partial charge in [-0.25, -0.2) is 0 Å². The summed E-state index contributed by atoms with van der Waals surface area (Å²) in [5.74, 6) is 0. The topological polar surface area (TPSA) is 29.3 Å². The molecule has 0 bridgehead atoms. The Kier molecular flexibility index (Phi) is 5.51. The van der Waals surface area contributed by atoms with Crippen molar-refractivity contribution >= 4 is 0 Å². The molecule has 0 aliphatic heterocycles. The highest BCUT2D eigenvalue weighted by molar-refractivity contribution is 4.67. The molecule has 2 N–H and O–H groups in total. The Hall–Kier alpha value is -0.0800. The number of hydrogen-bond donors (Lipinski definition) is 1. The van der Waals surface area contributed by atoms with Gasteiger partial charge in [0.05, 0.1) is 0 Å². The van der Waals surface area contributed by atoms with Crippen molar-refractivity contribution in [2.24, 2.45) is 5.73 Å². The Morgan fingerprint density at radius 3 is 2.27 bits per heavy atom. The summed E-state index contributed by atoms with van der Waals surface area (Å²) >= 11 is 0. The molecule has 0 aromatic heterocycles. The molecule has 0 aromatic carbocycles. The maximum Gasteiger partial charge on any atom is 0.0167 e. The summed E-state index contributed by atoms with van der Waals surface area (Å²) < 4.78 is 0. The third-order valence-corrected chi connectivity index (χ3v) is 2.06. The largest absolute Gasteiger partial charge is 0.327 e. The highest BCUT2D eigenvalue weighted by Crippen LogP contribution is 1.99. The summed E-state index contributed by atoms with van der Waals surface area (Å²) in [4.78, 5) is 2.29. The zero-order valence-corrected chi connectivity index (χ0v) is 8.30. The van der Waals surface area contributed by atoms with Crippen LogP contribution in [0.5, 0.6) is 0 Å². The predicted molar refractivity (Wildman–Crippen MR) is 50.6 cm³/mol. The standard InChI is InChI=1S/C9H22N2/c1-5-6-9(10)7-11(4)8(2)3/h8-9H,5-7,10H2,1-4H3. The fourth-order valence-electron chi connectivity index (χ4n) is 1.04. The molecule has 1 atom stereocenters. The molecule has 68 valence electrons.